The zero-order valence-electron chi connectivity index (χ0n) is 20.1. The molecule has 3 heterocycles. The highest BCUT2D eigenvalue weighted by atomic mass is 127. The average Bonchev–Trinajstić information content (AvgIpc) is 3.39. The summed E-state index contributed by atoms with van der Waals surface area (Å²) in [5.41, 5.74) is 0.339. The molecule has 2 saturated heterocycles. The molecule has 1 saturated carbocycles. The zero-order valence-corrected chi connectivity index (χ0v) is 24.7. The van der Waals surface area contributed by atoms with Crippen molar-refractivity contribution in [2.24, 2.45) is 5.92 Å². The Morgan fingerprint density at radius 1 is 1.47 bits per heavy atom. The smallest absolute Gasteiger partial charge is 0.415 e. The van der Waals surface area contributed by atoms with Gasteiger partial charge in [-0.25, -0.2) is 19.0 Å². The molecule has 192 valence electrons. The van der Waals surface area contributed by atoms with Crippen molar-refractivity contribution in [3.8, 4) is 6.07 Å². The van der Waals surface area contributed by atoms with Gasteiger partial charge in [-0.3, -0.25) is 4.90 Å². The van der Waals surface area contributed by atoms with Crippen molar-refractivity contribution < 1.29 is 23.8 Å². The van der Waals surface area contributed by atoms with Crippen molar-refractivity contribution >= 4 is 79.1 Å². The van der Waals surface area contributed by atoms with E-state index in [1.807, 2.05) is 6.26 Å². The Morgan fingerprint density at radius 2 is 2.17 bits per heavy atom. The van der Waals surface area contributed by atoms with Crippen LogP contribution in [-0.4, -0.2) is 57.7 Å². The third-order valence-electron chi connectivity index (χ3n) is 6.45. The van der Waals surface area contributed by atoms with Gasteiger partial charge in [0.15, 0.2) is 5.82 Å². The van der Waals surface area contributed by atoms with Gasteiger partial charge in [0.25, 0.3) is 0 Å². The van der Waals surface area contributed by atoms with Crippen molar-refractivity contribution in [3.63, 3.8) is 0 Å². The Hall–Kier alpha value is -1.85. The van der Waals surface area contributed by atoms with Crippen molar-refractivity contribution in [1.82, 2.24) is 9.88 Å². The van der Waals surface area contributed by atoms with Crippen LogP contribution in [0, 0.1) is 26.6 Å². The summed E-state index contributed by atoms with van der Waals surface area (Å²) in [6, 6.07) is 3.02. The number of fused-ring (bicyclic) bond motifs is 2. The molecule has 3 atom stereocenters. The van der Waals surface area contributed by atoms with E-state index in [0.29, 0.717) is 44.6 Å². The molecule has 8 nitrogen and oxygen atoms in total. The molecular weight excluding hydrogens is 666 g/mol. The summed E-state index contributed by atoms with van der Waals surface area (Å²) in [5, 5.41) is 19.7. The fourth-order valence-corrected chi connectivity index (χ4v) is 7.23. The lowest BCUT2D eigenvalue weighted by molar-refractivity contribution is 0.0517. The van der Waals surface area contributed by atoms with Crippen LogP contribution in [0.2, 0.25) is 0 Å². The van der Waals surface area contributed by atoms with Gasteiger partial charge >= 0.3 is 12.2 Å². The molecule has 0 radical (unpaired) electrons. The van der Waals surface area contributed by atoms with E-state index in [1.54, 1.807) is 26.8 Å². The van der Waals surface area contributed by atoms with Crippen LogP contribution in [0.1, 0.15) is 39.2 Å². The van der Waals surface area contributed by atoms with E-state index in [9.17, 15) is 14.7 Å². The summed E-state index contributed by atoms with van der Waals surface area (Å²) in [7, 11) is 0. The van der Waals surface area contributed by atoms with Crippen LogP contribution in [0.5, 0.6) is 0 Å². The summed E-state index contributed by atoms with van der Waals surface area (Å²) < 4.78 is 22.3. The minimum Gasteiger partial charge on any atom is -0.465 e. The van der Waals surface area contributed by atoms with Gasteiger partial charge in [-0.1, -0.05) is 0 Å². The maximum Gasteiger partial charge on any atom is 0.415 e. The highest BCUT2D eigenvalue weighted by molar-refractivity contribution is 14.1. The van der Waals surface area contributed by atoms with Crippen LogP contribution in [0.25, 0.3) is 10.9 Å². The van der Waals surface area contributed by atoms with Crippen molar-refractivity contribution in [2.45, 2.75) is 62.7 Å². The van der Waals surface area contributed by atoms with E-state index < -0.39 is 29.6 Å². The molecule has 1 aromatic heterocycles. The molecule has 0 unspecified atom stereocenters. The molecule has 3 aliphatic rings. The van der Waals surface area contributed by atoms with Gasteiger partial charge in [0.05, 0.1) is 31.9 Å². The van der Waals surface area contributed by atoms with Gasteiger partial charge in [-0.2, -0.15) is 5.26 Å². The van der Waals surface area contributed by atoms with Gasteiger partial charge in [0.1, 0.15) is 16.1 Å². The largest absolute Gasteiger partial charge is 0.465 e. The second-order valence-electron chi connectivity index (χ2n) is 9.84. The minimum atomic E-state index is -1.03. The van der Waals surface area contributed by atoms with E-state index in [1.165, 1.54) is 21.6 Å². The summed E-state index contributed by atoms with van der Waals surface area (Å²) in [6.07, 6.45) is 1.35. The van der Waals surface area contributed by atoms with Gasteiger partial charge in [-0.15, -0.1) is 11.8 Å². The Labute approximate surface area is 234 Å². The Morgan fingerprint density at radius 3 is 2.72 bits per heavy atom. The summed E-state index contributed by atoms with van der Waals surface area (Å²) >= 11 is 6.77. The van der Waals surface area contributed by atoms with Crippen molar-refractivity contribution in [1.29, 1.82) is 5.26 Å². The number of halogens is 3. The Kier molecular flexibility index (Phi) is 7.65. The molecule has 2 aromatic rings. The van der Waals surface area contributed by atoms with Crippen molar-refractivity contribution in [3.05, 3.63) is 25.5 Å². The first-order valence-electron chi connectivity index (χ1n) is 11.3. The molecule has 1 aliphatic carbocycles. The van der Waals surface area contributed by atoms with E-state index in [4.69, 9.17) is 10.00 Å². The van der Waals surface area contributed by atoms with Gasteiger partial charge < -0.3 is 14.7 Å². The van der Waals surface area contributed by atoms with Crippen LogP contribution < -0.4 is 4.90 Å². The number of pyridine rings is 1. The molecule has 1 N–H and O–H groups in total. The number of amides is 2. The number of anilines is 1. The number of aryl methyl sites for hydroxylation is 1. The molecular formula is C24H25BrFIN4O4S. The van der Waals surface area contributed by atoms with Crippen LogP contribution >= 0.6 is 50.3 Å². The third kappa shape index (κ3) is 4.74. The fraction of sp³-hybridized carbons (Fsp3) is 0.500. The van der Waals surface area contributed by atoms with E-state index in [0.717, 1.165) is 0 Å². The van der Waals surface area contributed by atoms with Crippen LogP contribution in [-0.2, 0) is 11.2 Å². The minimum absolute atomic E-state index is 0.0614. The number of thioether (sulfide) groups is 1. The lowest BCUT2D eigenvalue weighted by atomic mass is 9.78. The van der Waals surface area contributed by atoms with Crippen LogP contribution in [0.4, 0.5) is 19.7 Å². The standard InChI is InChI=1S/C24H25BrFIN4O4S/c1-24(2,3)35-23(34)31(19-12-9-14(19)30(10-12)22(32)33)20-13-8-11(6-5-7-28)15(25)16(26)18(13)29-21(36-4)17(20)27/h8,12,14,19H,5-6,9-10H2,1-4H3,(H,32,33)/t12-,14-,19+/m1/s1. The number of carbonyl (C=O) groups is 2. The zero-order chi connectivity index (χ0) is 26.5. The molecule has 12 heteroatoms. The monoisotopic (exact) mass is 690 g/mol. The van der Waals surface area contributed by atoms with E-state index in [2.05, 4.69) is 49.6 Å². The number of ether oxygens (including phenoxy) is 1. The molecule has 2 amide bonds. The average molecular weight is 691 g/mol. The number of carboxylic acid groups (broad SMARTS) is 1. The van der Waals surface area contributed by atoms with E-state index in [-0.39, 0.29) is 28.4 Å². The number of hydrogen-bond acceptors (Lipinski definition) is 6. The quantitative estimate of drug-likeness (QED) is 0.285. The number of benzene rings is 1. The molecule has 2 bridgehead atoms. The predicted molar refractivity (Wildman–Crippen MR) is 147 cm³/mol. The predicted octanol–water partition coefficient (Wildman–Crippen LogP) is 6.41. The summed E-state index contributed by atoms with van der Waals surface area (Å²) in [6.45, 7) is 5.62. The lowest BCUT2D eigenvalue weighted by Gasteiger charge is -2.44. The second-order valence-corrected chi connectivity index (χ2v) is 12.5. The van der Waals surface area contributed by atoms with Crippen LogP contribution in [0.3, 0.4) is 0 Å². The molecule has 36 heavy (non-hydrogen) atoms. The molecule has 0 spiro atoms. The highest BCUT2D eigenvalue weighted by Gasteiger charge is 2.58. The SMILES string of the molecule is CSc1nc2c(F)c(Br)c(CCC#N)cc2c(N(C(=O)OC(C)(C)C)[C@H]2[C@@H]3C[C@H]2N(C(=O)O)C3)c1I. The lowest BCUT2D eigenvalue weighted by Crippen LogP contribution is -2.58. The fourth-order valence-electron chi connectivity index (χ4n) is 4.94. The topological polar surface area (TPSA) is 107 Å². The first kappa shape index (κ1) is 27.2. The molecule has 2 aliphatic heterocycles. The molecule has 1 aromatic carbocycles. The summed E-state index contributed by atoms with van der Waals surface area (Å²) in [5.74, 6) is -0.630. The first-order chi connectivity index (χ1) is 16.9. The van der Waals surface area contributed by atoms with Crippen molar-refractivity contribution in [2.75, 3.05) is 17.7 Å². The van der Waals surface area contributed by atoms with E-state index >= 15 is 4.39 Å². The van der Waals surface area contributed by atoms with Gasteiger partial charge in [0.2, 0.25) is 0 Å². The number of hydrogen-bond donors (Lipinski definition) is 1. The Bertz CT molecular complexity index is 1300. The first-order valence-corrected chi connectivity index (χ1v) is 14.4. The van der Waals surface area contributed by atoms with Crippen LogP contribution in [0.15, 0.2) is 15.6 Å². The third-order valence-corrected chi connectivity index (χ3v) is 9.38. The van der Waals surface area contributed by atoms with Gasteiger partial charge in [-0.05, 0) is 90.0 Å². The molecule has 3 fully saturated rings. The number of nitriles is 1. The maximum atomic E-state index is 15.7. The second kappa shape index (κ2) is 10.1. The molecule has 5 rings (SSSR count). The number of carbonyl (C=O) groups excluding carboxylic acids is 1. The normalized spacial score (nSPS) is 20.7. The Balaban J connectivity index is 1.99. The number of rotatable bonds is 5. The summed E-state index contributed by atoms with van der Waals surface area (Å²) in [4.78, 5) is 33.0. The maximum absolute atomic E-state index is 15.7. The van der Waals surface area contributed by atoms with Gasteiger partial charge in [0, 0.05) is 24.3 Å². The number of aromatic nitrogens is 1. The number of nitrogens with zero attached hydrogens (tertiary/aromatic N) is 4. The highest BCUT2D eigenvalue weighted by Crippen LogP contribution is 2.49.